The fourth-order valence-electron chi connectivity index (χ4n) is 6.84. The van der Waals surface area contributed by atoms with Crippen LogP contribution in [-0.4, -0.2) is 23.1 Å². The van der Waals surface area contributed by atoms with E-state index < -0.39 is 0 Å². The Balaban J connectivity index is 1.48. The number of rotatable bonds is 2. The van der Waals surface area contributed by atoms with Crippen LogP contribution in [0.3, 0.4) is 0 Å². The van der Waals surface area contributed by atoms with Crippen LogP contribution in [0, 0.1) is 24.3 Å². The maximum atomic E-state index is 13.5. The molecule has 2 aliphatic carbocycles. The van der Waals surface area contributed by atoms with Crippen LogP contribution in [0.5, 0.6) is 0 Å². The van der Waals surface area contributed by atoms with Gasteiger partial charge >= 0.3 is 0 Å². The van der Waals surface area contributed by atoms with Crippen LogP contribution in [0.2, 0.25) is 0 Å². The Morgan fingerprint density at radius 1 is 0.333 bits per heavy atom. The smallest absolute Gasteiger partial charge is 0.198 e. The van der Waals surface area contributed by atoms with E-state index >= 15 is 0 Å². The van der Waals surface area contributed by atoms with Crippen molar-refractivity contribution in [2.45, 2.75) is 13.8 Å². The maximum absolute atomic E-state index is 13.5. The topological polar surface area (TPSA) is 68.3 Å². The van der Waals surface area contributed by atoms with Crippen LogP contribution in [0.15, 0.2) is 133 Å². The molecule has 0 fully saturated rings. The molecule has 2 aliphatic rings. The third-order valence-corrected chi connectivity index (χ3v) is 9.37. The van der Waals surface area contributed by atoms with Crippen LogP contribution in [0.1, 0.15) is 52.6 Å². The van der Waals surface area contributed by atoms with E-state index in [9.17, 15) is 19.2 Å². The predicted octanol–water partition coefficient (Wildman–Crippen LogP) is 7.38. The van der Waals surface area contributed by atoms with Gasteiger partial charge in [0.2, 0.25) is 0 Å². The van der Waals surface area contributed by atoms with Gasteiger partial charge in [0.15, 0.2) is 23.1 Å². The SMILES string of the molecule is Cc1ccc(-c2cc(=C3C(=O)c4ccccc4C3=O)cc/c2=c2/ccc(=C3C(=O)c4ccccc4C3=O)cc2-c2ccc(C)cc2)cc1. The number of benzene rings is 6. The van der Waals surface area contributed by atoms with Gasteiger partial charge in [-0.2, -0.15) is 0 Å². The normalized spacial score (nSPS) is 14.5. The van der Waals surface area contributed by atoms with Gasteiger partial charge in [-0.05, 0) is 69.1 Å². The van der Waals surface area contributed by atoms with Crippen molar-refractivity contribution < 1.29 is 19.2 Å². The number of hydrogen-bond donors (Lipinski definition) is 0. The molecule has 0 aliphatic heterocycles. The highest BCUT2D eigenvalue weighted by molar-refractivity contribution is 6.56. The van der Waals surface area contributed by atoms with Gasteiger partial charge in [0.1, 0.15) is 0 Å². The zero-order chi connectivity index (χ0) is 33.1. The molecule has 0 saturated carbocycles. The van der Waals surface area contributed by atoms with Crippen molar-refractivity contribution in [3.05, 3.63) is 188 Å². The van der Waals surface area contributed by atoms with Gasteiger partial charge in [-0.3, -0.25) is 19.2 Å². The first kappa shape index (κ1) is 29.2. The van der Waals surface area contributed by atoms with Gasteiger partial charge in [-0.15, -0.1) is 0 Å². The number of Topliss-reactive ketones (excluding diaryl/α,β-unsaturated/α-hetero) is 4. The molecule has 0 radical (unpaired) electrons. The highest BCUT2D eigenvalue weighted by atomic mass is 16.2. The Morgan fingerprint density at radius 3 is 0.958 bits per heavy atom. The molecule has 0 spiro atoms. The molecule has 0 atom stereocenters. The lowest BCUT2D eigenvalue weighted by Gasteiger charge is -2.10. The third kappa shape index (κ3) is 4.61. The monoisotopic (exact) mass is 620 g/mol. The number of ketones is 4. The largest absolute Gasteiger partial charge is 0.288 e. The zero-order valence-electron chi connectivity index (χ0n) is 26.3. The van der Waals surface area contributed by atoms with Crippen LogP contribution >= 0.6 is 0 Å². The molecule has 0 unspecified atom stereocenters. The second-order valence-electron chi connectivity index (χ2n) is 12.4. The quantitative estimate of drug-likeness (QED) is 0.203. The summed E-state index contributed by atoms with van der Waals surface area (Å²) in [5.41, 5.74) is 7.80. The minimum atomic E-state index is -0.271. The lowest BCUT2D eigenvalue weighted by Crippen LogP contribution is -2.15. The fraction of sp³-hybridized carbons (Fsp3) is 0.0455. The van der Waals surface area contributed by atoms with E-state index in [1.807, 2.05) is 98.8 Å². The average Bonchev–Trinajstić information content (AvgIpc) is 3.52. The van der Waals surface area contributed by atoms with Gasteiger partial charge in [0.05, 0.1) is 11.1 Å². The summed E-state index contributed by atoms with van der Waals surface area (Å²) < 4.78 is 0. The van der Waals surface area contributed by atoms with E-state index in [0.29, 0.717) is 32.7 Å². The van der Waals surface area contributed by atoms with Crippen molar-refractivity contribution in [1.29, 1.82) is 0 Å². The Bertz CT molecular complexity index is 2370. The van der Waals surface area contributed by atoms with Gasteiger partial charge in [0.25, 0.3) is 0 Å². The van der Waals surface area contributed by atoms with Crippen molar-refractivity contribution in [1.82, 2.24) is 0 Å². The number of fused-ring (bicyclic) bond motifs is 2. The van der Waals surface area contributed by atoms with Crippen LogP contribution in [0.4, 0.5) is 0 Å². The van der Waals surface area contributed by atoms with Gasteiger partial charge < -0.3 is 0 Å². The first-order valence-corrected chi connectivity index (χ1v) is 15.8. The molecule has 0 N–H and O–H groups in total. The standard InChI is InChI=1S/C44H28O4/c1-25-11-15-27(16-12-25)37-23-29(39-41(45)33-7-3-4-8-34(33)42(39)46)19-21-31(37)32-22-20-30(24-38(32)28-17-13-26(2)14-18-28)40-43(47)35-9-5-6-10-36(35)44(40)48/h3-24H,1-2H3/b32-31+. The van der Waals surface area contributed by atoms with Crippen molar-refractivity contribution >= 4 is 34.3 Å². The molecule has 0 bridgehead atoms. The van der Waals surface area contributed by atoms with E-state index in [4.69, 9.17) is 0 Å². The zero-order valence-corrected chi connectivity index (χ0v) is 26.3. The van der Waals surface area contributed by atoms with Crippen LogP contribution in [0.25, 0.3) is 33.4 Å². The predicted molar refractivity (Wildman–Crippen MR) is 187 cm³/mol. The number of aryl methyl sites for hydroxylation is 2. The number of hydrogen-bond acceptors (Lipinski definition) is 4. The lowest BCUT2D eigenvalue weighted by molar-refractivity contribution is 0.101. The van der Waals surface area contributed by atoms with Crippen LogP contribution < -0.4 is 10.4 Å². The Morgan fingerprint density at radius 2 is 0.646 bits per heavy atom. The highest BCUT2D eigenvalue weighted by Crippen LogP contribution is 2.30. The Labute approximate surface area is 276 Å². The summed E-state index contributed by atoms with van der Waals surface area (Å²) in [5.74, 6) is -1.09. The molecular formula is C44H28O4. The molecule has 0 saturated heterocycles. The molecule has 0 amide bonds. The Kier molecular flexibility index (Phi) is 6.81. The van der Waals surface area contributed by atoms with Gasteiger partial charge in [-0.1, -0.05) is 132 Å². The average molecular weight is 621 g/mol. The molecule has 0 heterocycles. The molecule has 6 aromatic rings. The minimum Gasteiger partial charge on any atom is -0.288 e. The molecular weight excluding hydrogens is 592 g/mol. The summed E-state index contributed by atoms with van der Waals surface area (Å²) in [6.45, 7) is 4.06. The summed E-state index contributed by atoms with van der Waals surface area (Å²) >= 11 is 0. The van der Waals surface area contributed by atoms with E-state index in [1.165, 1.54) is 0 Å². The summed E-state index contributed by atoms with van der Waals surface area (Å²) in [6, 6.07) is 41.7. The second-order valence-corrected chi connectivity index (χ2v) is 12.4. The number of carbonyl (C=O) groups is 4. The third-order valence-electron chi connectivity index (χ3n) is 9.37. The maximum Gasteiger partial charge on any atom is 0.198 e. The van der Waals surface area contributed by atoms with E-state index in [2.05, 4.69) is 0 Å². The second kappa shape index (κ2) is 11.2. The summed E-state index contributed by atoms with van der Waals surface area (Å²) in [7, 11) is 0. The van der Waals surface area contributed by atoms with Gasteiger partial charge in [-0.25, -0.2) is 0 Å². The van der Waals surface area contributed by atoms with E-state index in [1.54, 1.807) is 48.5 Å². The summed E-state index contributed by atoms with van der Waals surface area (Å²) in [6.07, 6.45) is 0. The molecule has 8 rings (SSSR count). The van der Waals surface area contributed by atoms with Crippen molar-refractivity contribution in [3.8, 4) is 22.3 Å². The highest BCUT2D eigenvalue weighted by Gasteiger charge is 2.34. The lowest BCUT2D eigenvalue weighted by atomic mass is 9.93. The fourth-order valence-corrected chi connectivity index (χ4v) is 6.84. The molecule has 6 aromatic carbocycles. The molecule has 48 heavy (non-hydrogen) atoms. The van der Waals surface area contributed by atoms with Crippen molar-refractivity contribution in [3.63, 3.8) is 0 Å². The number of carbonyl (C=O) groups excluding carboxylic acids is 4. The summed E-state index contributed by atoms with van der Waals surface area (Å²) in [5, 5.41) is 2.89. The first-order chi connectivity index (χ1) is 23.3. The minimum absolute atomic E-state index is 0.166. The molecule has 4 heteroatoms. The molecule has 0 aromatic heterocycles. The van der Waals surface area contributed by atoms with Crippen molar-refractivity contribution in [2.75, 3.05) is 0 Å². The summed E-state index contributed by atoms with van der Waals surface area (Å²) in [4.78, 5) is 54.0. The Hall–Kier alpha value is -6.26. The van der Waals surface area contributed by atoms with Crippen LogP contribution in [-0.2, 0) is 0 Å². The molecule has 228 valence electrons. The van der Waals surface area contributed by atoms with E-state index in [-0.39, 0.29) is 34.3 Å². The molecule has 4 nitrogen and oxygen atoms in total. The van der Waals surface area contributed by atoms with Crippen molar-refractivity contribution in [2.24, 2.45) is 0 Å². The van der Waals surface area contributed by atoms with E-state index in [0.717, 1.165) is 43.8 Å². The first-order valence-electron chi connectivity index (χ1n) is 15.8. The van der Waals surface area contributed by atoms with Gasteiger partial charge in [0, 0.05) is 22.3 Å².